The average molecular weight is 294 g/mol. The van der Waals surface area contributed by atoms with Crippen molar-refractivity contribution in [2.75, 3.05) is 14.2 Å². The van der Waals surface area contributed by atoms with Gasteiger partial charge in [0.15, 0.2) is 11.5 Å². The maximum Gasteiger partial charge on any atom is 0.237 e. The van der Waals surface area contributed by atoms with Gasteiger partial charge >= 0.3 is 0 Å². The summed E-state index contributed by atoms with van der Waals surface area (Å²) in [4.78, 5) is 12.2. The molecule has 5 heteroatoms. The molecular formula is C16H26N2O3. The van der Waals surface area contributed by atoms with Crippen LogP contribution in [0.4, 0.5) is 0 Å². The fourth-order valence-electron chi connectivity index (χ4n) is 1.90. The smallest absolute Gasteiger partial charge is 0.237 e. The van der Waals surface area contributed by atoms with Crippen molar-refractivity contribution in [3.8, 4) is 11.5 Å². The average Bonchev–Trinajstić information content (AvgIpc) is 2.44. The van der Waals surface area contributed by atoms with E-state index in [2.05, 4.69) is 5.32 Å². The second-order valence-corrected chi connectivity index (χ2v) is 6.19. The maximum atomic E-state index is 12.2. The minimum atomic E-state index is -0.555. The minimum absolute atomic E-state index is 0.161. The van der Waals surface area contributed by atoms with E-state index in [0.717, 1.165) is 5.56 Å². The second kappa shape index (κ2) is 6.80. The molecule has 1 aromatic carbocycles. The first-order valence-electron chi connectivity index (χ1n) is 6.98. The quantitative estimate of drug-likeness (QED) is 0.873. The van der Waals surface area contributed by atoms with Crippen LogP contribution in [0.2, 0.25) is 0 Å². The first kappa shape index (κ1) is 17.3. The standard InChI is InChI=1S/C16H26N2O3/c1-10(18-15(19)14(17)16(2,3)4)11-7-8-12(20-5)13(9-11)21-6/h7-10,14H,17H2,1-6H3,(H,18,19). The lowest BCUT2D eigenvalue weighted by Gasteiger charge is -2.27. The fraction of sp³-hybridized carbons (Fsp3) is 0.562. The molecule has 2 atom stereocenters. The number of carbonyl (C=O) groups excluding carboxylic acids is 1. The minimum Gasteiger partial charge on any atom is -0.493 e. The van der Waals surface area contributed by atoms with Crippen LogP contribution in [0.5, 0.6) is 11.5 Å². The highest BCUT2D eigenvalue weighted by atomic mass is 16.5. The molecule has 118 valence electrons. The van der Waals surface area contributed by atoms with E-state index in [9.17, 15) is 4.79 Å². The molecule has 3 N–H and O–H groups in total. The largest absolute Gasteiger partial charge is 0.493 e. The SMILES string of the molecule is COc1ccc(C(C)NC(=O)C(N)C(C)(C)C)cc1OC. The summed E-state index contributed by atoms with van der Waals surface area (Å²) < 4.78 is 10.5. The summed E-state index contributed by atoms with van der Waals surface area (Å²) >= 11 is 0. The molecule has 0 saturated heterocycles. The predicted molar refractivity (Wildman–Crippen MR) is 83.5 cm³/mol. The van der Waals surface area contributed by atoms with Gasteiger partial charge in [-0.1, -0.05) is 26.8 Å². The topological polar surface area (TPSA) is 73.6 Å². The molecule has 0 heterocycles. The van der Waals surface area contributed by atoms with Crippen molar-refractivity contribution in [2.24, 2.45) is 11.1 Å². The number of nitrogens with two attached hydrogens (primary N) is 1. The molecule has 1 amide bonds. The molecule has 0 aliphatic carbocycles. The number of amides is 1. The molecule has 0 bridgehead atoms. The molecule has 1 rings (SSSR count). The molecule has 0 aliphatic heterocycles. The zero-order chi connectivity index (χ0) is 16.2. The van der Waals surface area contributed by atoms with E-state index >= 15 is 0 Å². The Labute approximate surface area is 126 Å². The normalized spacial score (nSPS) is 14.2. The number of benzene rings is 1. The lowest BCUT2D eigenvalue weighted by atomic mass is 9.86. The summed E-state index contributed by atoms with van der Waals surface area (Å²) in [6.45, 7) is 7.74. The maximum absolute atomic E-state index is 12.2. The third-order valence-corrected chi connectivity index (χ3v) is 3.48. The highest BCUT2D eigenvalue weighted by Crippen LogP contribution is 2.30. The molecule has 0 saturated carbocycles. The van der Waals surface area contributed by atoms with Gasteiger partial charge in [0.05, 0.1) is 26.3 Å². The van der Waals surface area contributed by atoms with Crippen LogP contribution < -0.4 is 20.5 Å². The summed E-state index contributed by atoms with van der Waals surface area (Å²) in [6.07, 6.45) is 0. The van der Waals surface area contributed by atoms with Crippen LogP contribution in [0, 0.1) is 5.41 Å². The molecule has 1 aromatic rings. The van der Waals surface area contributed by atoms with Crippen LogP contribution in [-0.2, 0) is 4.79 Å². The van der Waals surface area contributed by atoms with Crippen molar-refractivity contribution in [1.82, 2.24) is 5.32 Å². The summed E-state index contributed by atoms with van der Waals surface area (Å²) in [5.41, 5.74) is 6.62. The zero-order valence-corrected chi connectivity index (χ0v) is 13.7. The van der Waals surface area contributed by atoms with Gasteiger partial charge in [0.1, 0.15) is 0 Å². The van der Waals surface area contributed by atoms with Crippen LogP contribution in [0.25, 0.3) is 0 Å². The van der Waals surface area contributed by atoms with Crippen molar-refractivity contribution in [3.63, 3.8) is 0 Å². The molecule has 5 nitrogen and oxygen atoms in total. The van der Waals surface area contributed by atoms with Gasteiger partial charge in [0, 0.05) is 0 Å². The first-order valence-corrected chi connectivity index (χ1v) is 6.98. The van der Waals surface area contributed by atoms with Crippen LogP contribution in [0.1, 0.15) is 39.3 Å². The van der Waals surface area contributed by atoms with Crippen molar-refractivity contribution in [2.45, 2.75) is 39.8 Å². The summed E-state index contributed by atoms with van der Waals surface area (Å²) in [6, 6.07) is 4.85. The zero-order valence-electron chi connectivity index (χ0n) is 13.7. The highest BCUT2D eigenvalue weighted by Gasteiger charge is 2.28. The molecule has 0 spiro atoms. The molecule has 2 unspecified atom stereocenters. The van der Waals surface area contributed by atoms with Crippen LogP contribution >= 0.6 is 0 Å². The summed E-state index contributed by atoms with van der Waals surface area (Å²) in [5, 5.41) is 2.93. The van der Waals surface area contributed by atoms with Gasteiger partial charge in [0.25, 0.3) is 0 Å². The molecule has 0 aromatic heterocycles. The number of hydrogen-bond donors (Lipinski definition) is 2. The van der Waals surface area contributed by atoms with E-state index in [-0.39, 0.29) is 17.4 Å². The Hall–Kier alpha value is -1.75. The molecule has 21 heavy (non-hydrogen) atoms. The number of nitrogens with one attached hydrogen (secondary N) is 1. The van der Waals surface area contributed by atoms with Gasteiger partial charge in [-0.3, -0.25) is 4.79 Å². The Balaban J connectivity index is 2.85. The Morgan fingerprint density at radius 3 is 2.24 bits per heavy atom. The van der Waals surface area contributed by atoms with Crippen LogP contribution in [0.15, 0.2) is 18.2 Å². The monoisotopic (exact) mass is 294 g/mol. The Kier molecular flexibility index (Phi) is 5.61. The molecule has 0 radical (unpaired) electrons. The van der Waals surface area contributed by atoms with Gasteiger partial charge in [-0.05, 0) is 30.0 Å². The Morgan fingerprint density at radius 2 is 1.76 bits per heavy atom. The third kappa shape index (κ3) is 4.36. The third-order valence-electron chi connectivity index (χ3n) is 3.48. The molecule has 0 aliphatic rings. The van der Waals surface area contributed by atoms with E-state index in [1.54, 1.807) is 14.2 Å². The summed E-state index contributed by atoms with van der Waals surface area (Å²) in [5.74, 6) is 1.13. The van der Waals surface area contributed by atoms with Crippen molar-refractivity contribution >= 4 is 5.91 Å². The number of ether oxygens (including phenoxy) is 2. The van der Waals surface area contributed by atoms with E-state index < -0.39 is 6.04 Å². The first-order chi connectivity index (χ1) is 9.70. The fourth-order valence-corrected chi connectivity index (χ4v) is 1.90. The van der Waals surface area contributed by atoms with E-state index in [1.165, 1.54) is 0 Å². The van der Waals surface area contributed by atoms with Gasteiger partial charge in [-0.15, -0.1) is 0 Å². The number of hydrogen-bond acceptors (Lipinski definition) is 4. The Morgan fingerprint density at radius 1 is 1.19 bits per heavy atom. The Bertz CT molecular complexity index is 495. The van der Waals surface area contributed by atoms with Gasteiger partial charge < -0.3 is 20.5 Å². The van der Waals surface area contributed by atoms with Gasteiger partial charge in [0.2, 0.25) is 5.91 Å². The van der Waals surface area contributed by atoms with Gasteiger partial charge in [-0.2, -0.15) is 0 Å². The lowest BCUT2D eigenvalue weighted by Crippen LogP contribution is -2.49. The van der Waals surface area contributed by atoms with E-state index in [0.29, 0.717) is 11.5 Å². The molecule has 0 fully saturated rings. The highest BCUT2D eigenvalue weighted by molar-refractivity contribution is 5.82. The van der Waals surface area contributed by atoms with E-state index in [4.69, 9.17) is 15.2 Å². The van der Waals surface area contributed by atoms with Crippen LogP contribution in [-0.4, -0.2) is 26.2 Å². The lowest BCUT2D eigenvalue weighted by molar-refractivity contribution is -0.125. The number of methoxy groups -OCH3 is 2. The van der Waals surface area contributed by atoms with Crippen molar-refractivity contribution in [3.05, 3.63) is 23.8 Å². The van der Waals surface area contributed by atoms with Crippen molar-refractivity contribution in [1.29, 1.82) is 0 Å². The summed E-state index contributed by atoms with van der Waals surface area (Å²) in [7, 11) is 3.17. The molecular weight excluding hydrogens is 268 g/mol. The number of rotatable bonds is 5. The van der Waals surface area contributed by atoms with Crippen LogP contribution in [0.3, 0.4) is 0 Å². The predicted octanol–water partition coefficient (Wildman–Crippen LogP) is 2.25. The number of carbonyl (C=O) groups is 1. The second-order valence-electron chi connectivity index (χ2n) is 6.19. The van der Waals surface area contributed by atoms with Crippen molar-refractivity contribution < 1.29 is 14.3 Å². The van der Waals surface area contributed by atoms with Gasteiger partial charge in [-0.25, -0.2) is 0 Å². The van der Waals surface area contributed by atoms with E-state index in [1.807, 2.05) is 45.9 Å².